The molecule has 1 fully saturated rings. The van der Waals surface area contributed by atoms with Gasteiger partial charge in [-0.25, -0.2) is 8.42 Å². The highest BCUT2D eigenvalue weighted by molar-refractivity contribution is 14.0. The van der Waals surface area contributed by atoms with Crippen molar-refractivity contribution in [3.8, 4) is 11.5 Å². The number of aliphatic imine (C=N–C) groups is 1. The van der Waals surface area contributed by atoms with Crippen molar-refractivity contribution in [1.29, 1.82) is 0 Å². The molecule has 0 unspecified atom stereocenters. The van der Waals surface area contributed by atoms with Crippen LogP contribution in [0.4, 0.5) is 0 Å². The summed E-state index contributed by atoms with van der Waals surface area (Å²) >= 11 is 0. The lowest BCUT2D eigenvalue weighted by molar-refractivity contribution is 0.297. The number of benzene rings is 1. The third-order valence-electron chi connectivity index (χ3n) is 4.82. The predicted octanol–water partition coefficient (Wildman–Crippen LogP) is 2.05. The summed E-state index contributed by atoms with van der Waals surface area (Å²) in [6.07, 6.45) is 0.878. The zero-order valence-electron chi connectivity index (χ0n) is 16.0. The number of halogens is 1. The number of hydrogen-bond acceptors (Lipinski definition) is 5. The molecule has 3 rings (SSSR count). The molecular formula is C18H28IN3O4S. The standard InChI is InChI=1S/C18H27N3O4S.HI/c1-18(2)13-21(7-10-26(18,22)23)17(19-3)20-12-14-5-6-15-16(11-14)25-9-4-8-24-15;/h5-6,11H,4,7-10,12-13H2,1-3H3,(H,19,20);1H. The average molecular weight is 509 g/mol. The smallest absolute Gasteiger partial charge is 0.193 e. The van der Waals surface area contributed by atoms with E-state index in [1.54, 1.807) is 20.9 Å². The van der Waals surface area contributed by atoms with Crippen LogP contribution >= 0.6 is 24.0 Å². The van der Waals surface area contributed by atoms with Crippen LogP contribution in [-0.4, -0.2) is 63.1 Å². The van der Waals surface area contributed by atoms with Crippen LogP contribution in [0.3, 0.4) is 0 Å². The fraction of sp³-hybridized carbons (Fsp3) is 0.611. The van der Waals surface area contributed by atoms with Crippen LogP contribution in [0.2, 0.25) is 0 Å². The molecule has 0 atom stereocenters. The molecule has 0 amide bonds. The van der Waals surface area contributed by atoms with E-state index >= 15 is 0 Å². The third kappa shape index (κ3) is 4.98. The van der Waals surface area contributed by atoms with Gasteiger partial charge in [-0.15, -0.1) is 24.0 Å². The van der Waals surface area contributed by atoms with E-state index in [1.165, 1.54) is 0 Å². The van der Waals surface area contributed by atoms with Gasteiger partial charge in [0.2, 0.25) is 0 Å². The summed E-state index contributed by atoms with van der Waals surface area (Å²) in [5, 5.41) is 3.33. The minimum Gasteiger partial charge on any atom is -0.490 e. The first-order valence-electron chi connectivity index (χ1n) is 8.89. The molecule has 27 heavy (non-hydrogen) atoms. The van der Waals surface area contributed by atoms with Gasteiger partial charge in [0, 0.05) is 33.1 Å². The van der Waals surface area contributed by atoms with Gasteiger partial charge in [-0.3, -0.25) is 4.99 Å². The number of guanidine groups is 1. The molecule has 1 N–H and O–H groups in total. The van der Waals surface area contributed by atoms with Gasteiger partial charge in [0.25, 0.3) is 0 Å². The zero-order chi connectivity index (χ0) is 18.8. The summed E-state index contributed by atoms with van der Waals surface area (Å²) in [4.78, 5) is 6.33. The Morgan fingerprint density at radius 1 is 1.26 bits per heavy atom. The van der Waals surface area contributed by atoms with Crippen molar-refractivity contribution in [2.45, 2.75) is 31.6 Å². The van der Waals surface area contributed by atoms with Crippen LogP contribution in [-0.2, 0) is 16.4 Å². The van der Waals surface area contributed by atoms with Gasteiger partial charge >= 0.3 is 0 Å². The average Bonchev–Trinajstić information content (AvgIpc) is 2.83. The Morgan fingerprint density at radius 3 is 2.63 bits per heavy atom. The van der Waals surface area contributed by atoms with E-state index in [2.05, 4.69) is 10.3 Å². The Labute approximate surface area is 178 Å². The number of nitrogens with zero attached hydrogens (tertiary/aromatic N) is 2. The first-order chi connectivity index (χ1) is 12.3. The lowest BCUT2D eigenvalue weighted by Gasteiger charge is -2.39. The van der Waals surface area contributed by atoms with Crippen LogP contribution in [0, 0.1) is 0 Å². The molecule has 2 heterocycles. The maximum Gasteiger partial charge on any atom is 0.193 e. The normalized spacial score (nSPS) is 21.0. The van der Waals surface area contributed by atoms with Crippen LogP contribution in [0.1, 0.15) is 25.8 Å². The summed E-state index contributed by atoms with van der Waals surface area (Å²) in [5.74, 6) is 2.39. The lowest BCUT2D eigenvalue weighted by Crippen LogP contribution is -2.57. The van der Waals surface area contributed by atoms with E-state index in [0.29, 0.717) is 38.8 Å². The number of rotatable bonds is 2. The van der Waals surface area contributed by atoms with E-state index in [-0.39, 0.29) is 29.7 Å². The van der Waals surface area contributed by atoms with Gasteiger partial charge in [-0.2, -0.15) is 0 Å². The monoisotopic (exact) mass is 509 g/mol. The van der Waals surface area contributed by atoms with E-state index in [4.69, 9.17) is 9.47 Å². The number of ether oxygens (including phenoxy) is 2. The second-order valence-electron chi connectivity index (χ2n) is 7.23. The van der Waals surface area contributed by atoms with Crippen molar-refractivity contribution in [1.82, 2.24) is 10.2 Å². The minimum absolute atomic E-state index is 0. The van der Waals surface area contributed by atoms with E-state index < -0.39 is 14.6 Å². The highest BCUT2D eigenvalue weighted by Crippen LogP contribution is 2.30. The Morgan fingerprint density at radius 2 is 1.96 bits per heavy atom. The molecule has 0 aromatic heterocycles. The molecule has 0 radical (unpaired) electrons. The topological polar surface area (TPSA) is 80.2 Å². The molecule has 7 nitrogen and oxygen atoms in total. The fourth-order valence-corrected chi connectivity index (χ4v) is 4.52. The van der Waals surface area contributed by atoms with Gasteiger partial charge in [0.1, 0.15) is 0 Å². The maximum absolute atomic E-state index is 12.2. The Kier molecular flexibility index (Phi) is 7.23. The molecule has 1 aromatic carbocycles. The van der Waals surface area contributed by atoms with Crippen molar-refractivity contribution in [3.63, 3.8) is 0 Å². The van der Waals surface area contributed by atoms with Crippen LogP contribution in [0.25, 0.3) is 0 Å². The van der Waals surface area contributed by atoms with E-state index in [9.17, 15) is 8.42 Å². The third-order valence-corrected chi connectivity index (χ3v) is 7.35. The lowest BCUT2D eigenvalue weighted by atomic mass is 10.2. The van der Waals surface area contributed by atoms with Gasteiger partial charge in [0.15, 0.2) is 27.3 Å². The van der Waals surface area contributed by atoms with Gasteiger partial charge < -0.3 is 19.7 Å². The molecule has 1 aromatic rings. The molecule has 152 valence electrons. The van der Waals surface area contributed by atoms with Crippen LogP contribution < -0.4 is 14.8 Å². The fourth-order valence-electron chi connectivity index (χ4n) is 3.16. The Balaban J connectivity index is 0.00000261. The first kappa shape index (κ1) is 22.1. The summed E-state index contributed by atoms with van der Waals surface area (Å²) in [5.41, 5.74) is 1.05. The quantitative estimate of drug-likeness (QED) is 0.374. The highest BCUT2D eigenvalue weighted by atomic mass is 127. The van der Waals surface area contributed by atoms with Gasteiger partial charge in [-0.1, -0.05) is 6.07 Å². The summed E-state index contributed by atoms with van der Waals surface area (Å²) in [7, 11) is -1.36. The number of nitrogens with one attached hydrogen (secondary N) is 1. The van der Waals surface area contributed by atoms with Crippen molar-refractivity contribution in [2.24, 2.45) is 4.99 Å². The highest BCUT2D eigenvalue weighted by Gasteiger charge is 2.40. The second kappa shape index (κ2) is 8.85. The minimum atomic E-state index is -3.07. The van der Waals surface area contributed by atoms with Crippen molar-refractivity contribution in [2.75, 3.05) is 39.1 Å². The maximum atomic E-state index is 12.2. The first-order valence-corrected chi connectivity index (χ1v) is 10.5. The largest absolute Gasteiger partial charge is 0.490 e. The Bertz CT molecular complexity index is 796. The molecular weight excluding hydrogens is 481 g/mol. The molecule has 0 spiro atoms. The molecule has 0 aliphatic carbocycles. The molecule has 9 heteroatoms. The number of sulfone groups is 1. The van der Waals surface area contributed by atoms with Crippen molar-refractivity contribution in [3.05, 3.63) is 23.8 Å². The molecule has 2 aliphatic rings. The summed E-state index contributed by atoms with van der Waals surface area (Å²) < 4.78 is 35.0. The number of hydrogen-bond donors (Lipinski definition) is 1. The molecule has 0 bridgehead atoms. The Hall–Kier alpha value is -1.23. The zero-order valence-corrected chi connectivity index (χ0v) is 19.2. The van der Waals surface area contributed by atoms with E-state index in [1.807, 2.05) is 23.1 Å². The second-order valence-corrected chi connectivity index (χ2v) is 9.98. The molecule has 0 saturated carbocycles. The van der Waals surface area contributed by atoms with Gasteiger partial charge in [0.05, 0.1) is 23.7 Å². The van der Waals surface area contributed by atoms with Crippen LogP contribution in [0.15, 0.2) is 23.2 Å². The number of fused-ring (bicyclic) bond motifs is 1. The van der Waals surface area contributed by atoms with Crippen molar-refractivity contribution < 1.29 is 17.9 Å². The van der Waals surface area contributed by atoms with Gasteiger partial charge in [-0.05, 0) is 31.5 Å². The molecule has 2 aliphatic heterocycles. The summed E-state index contributed by atoms with van der Waals surface area (Å²) in [6.45, 7) is 6.32. The van der Waals surface area contributed by atoms with Crippen molar-refractivity contribution >= 4 is 39.8 Å². The SMILES string of the molecule is CN=C(NCc1ccc2c(c1)OCCCO2)N1CCS(=O)(=O)C(C)(C)C1.I. The molecule has 1 saturated heterocycles. The summed E-state index contributed by atoms with van der Waals surface area (Å²) in [6, 6.07) is 5.90. The van der Waals surface area contributed by atoms with E-state index in [0.717, 1.165) is 23.5 Å². The predicted molar refractivity (Wildman–Crippen MR) is 117 cm³/mol. The van der Waals surface area contributed by atoms with Crippen LogP contribution in [0.5, 0.6) is 11.5 Å².